The minimum absolute atomic E-state index is 0. The third kappa shape index (κ3) is 7.75. The van der Waals surface area contributed by atoms with E-state index < -0.39 is 0 Å². The average molecular weight is 478 g/mol. The monoisotopic (exact) mass is 478 g/mol. The maximum absolute atomic E-state index is 12.9. The van der Waals surface area contributed by atoms with Crippen molar-refractivity contribution in [1.82, 2.24) is 15.5 Å². The lowest BCUT2D eigenvalue weighted by Crippen LogP contribution is -2.49. The first-order valence-corrected chi connectivity index (χ1v) is 9.20. The summed E-state index contributed by atoms with van der Waals surface area (Å²) in [5, 5.41) is 6.64. The first-order valence-electron chi connectivity index (χ1n) is 9.20. The van der Waals surface area contributed by atoms with E-state index in [0.717, 1.165) is 57.3 Å². The third-order valence-electron chi connectivity index (χ3n) is 4.46. The quantitative estimate of drug-likeness (QED) is 0.360. The highest BCUT2D eigenvalue weighted by Gasteiger charge is 2.23. The van der Waals surface area contributed by atoms with Crippen LogP contribution in [0.15, 0.2) is 29.3 Å². The third-order valence-corrected chi connectivity index (χ3v) is 4.46. The van der Waals surface area contributed by atoms with Crippen LogP contribution in [0, 0.1) is 5.82 Å². The van der Waals surface area contributed by atoms with Gasteiger partial charge in [0, 0.05) is 31.7 Å². The van der Waals surface area contributed by atoms with Gasteiger partial charge in [0.25, 0.3) is 0 Å². The zero-order valence-electron chi connectivity index (χ0n) is 16.0. The Bertz CT molecular complexity index is 541. The van der Waals surface area contributed by atoms with Crippen molar-refractivity contribution in [1.29, 1.82) is 0 Å². The van der Waals surface area contributed by atoms with Gasteiger partial charge in [-0.2, -0.15) is 0 Å². The van der Waals surface area contributed by atoms with E-state index in [4.69, 9.17) is 9.73 Å². The molecule has 1 fully saturated rings. The number of hydrogen-bond acceptors (Lipinski definition) is 3. The molecule has 1 saturated heterocycles. The highest BCUT2D eigenvalue weighted by atomic mass is 127. The van der Waals surface area contributed by atoms with Crippen molar-refractivity contribution in [3.8, 4) is 0 Å². The van der Waals surface area contributed by atoms with Crippen LogP contribution in [0.2, 0.25) is 0 Å². The van der Waals surface area contributed by atoms with Gasteiger partial charge < -0.3 is 15.4 Å². The number of halogens is 2. The number of rotatable bonds is 7. The van der Waals surface area contributed by atoms with Gasteiger partial charge in [0.05, 0.1) is 19.8 Å². The number of nitrogens with one attached hydrogen (secondary N) is 2. The molecule has 2 N–H and O–H groups in total. The van der Waals surface area contributed by atoms with Crippen LogP contribution < -0.4 is 10.6 Å². The van der Waals surface area contributed by atoms with E-state index in [9.17, 15) is 4.39 Å². The number of morpholine rings is 1. The molecule has 7 heteroatoms. The number of benzene rings is 1. The maximum atomic E-state index is 12.9. The molecule has 1 aliphatic rings. The Labute approximate surface area is 173 Å². The van der Waals surface area contributed by atoms with Gasteiger partial charge in [-0.05, 0) is 44.9 Å². The molecule has 0 amide bonds. The molecular formula is C19H32FIN4O. The van der Waals surface area contributed by atoms with Crippen LogP contribution in [0.1, 0.15) is 26.3 Å². The Balaban J connectivity index is 0.00000338. The molecule has 26 heavy (non-hydrogen) atoms. The van der Waals surface area contributed by atoms with E-state index >= 15 is 0 Å². The Hall–Kier alpha value is -0.930. The summed E-state index contributed by atoms with van der Waals surface area (Å²) < 4.78 is 18.4. The average Bonchev–Trinajstić information content (AvgIpc) is 2.61. The molecule has 0 spiro atoms. The Morgan fingerprint density at radius 1 is 1.35 bits per heavy atom. The minimum Gasteiger partial charge on any atom is -0.379 e. The second kappa shape index (κ2) is 12.5. The summed E-state index contributed by atoms with van der Waals surface area (Å²) in [7, 11) is 0. The van der Waals surface area contributed by atoms with Gasteiger partial charge in [0.15, 0.2) is 5.96 Å². The summed E-state index contributed by atoms with van der Waals surface area (Å²) in [4.78, 5) is 7.17. The summed E-state index contributed by atoms with van der Waals surface area (Å²) in [6.45, 7) is 11.4. The van der Waals surface area contributed by atoms with E-state index in [1.54, 1.807) is 0 Å². The van der Waals surface area contributed by atoms with Crippen LogP contribution in [-0.2, 0) is 11.2 Å². The van der Waals surface area contributed by atoms with Gasteiger partial charge in [0.2, 0.25) is 0 Å². The molecule has 0 aromatic heterocycles. The molecule has 0 aliphatic carbocycles. The summed E-state index contributed by atoms with van der Waals surface area (Å²) >= 11 is 0. The highest BCUT2D eigenvalue weighted by molar-refractivity contribution is 14.0. The van der Waals surface area contributed by atoms with Crippen molar-refractivity contribution in [3.63, 3.8) is 0 Å². The van der Waals surface area contributed by atoms with E-state index in [1.165, 1.54) is 12.1 Å². The van der Waals surface area contributed by atoms with Crippen LogP contribution in [0.4, 0.5) is 4.39 Å². The largest absolute Gasteiger partial charge is 0.379 e. The van der Waals surface area contributed by atoms with Gasteiger partial charge >= 0.3 is 0 Å². The van der Waals surface area contributed by atoms with Crippen molar-refractivity contribution in [2.24, 2.45) is 4.99 Å². The fraction of sp³-hybridized carbons (Fsp3) is 0.632. The Kier molecular flexibility index (Phi) is 11.1. The van der Waals surface area contributed by atoms with Crippen LogP contribution in [0.3, 0.4) is 0 Å². The van der Waals surface area contributed by atoms with Crippen LogP contribution in [0.25, 0.3) is 0 Å². The van der Waals surface area contributed by atoms with Crippen molar-refractivity contribution in [2.75, 3.05) is 39.4 Å². The number of nitrogens with zero attached hydrogens (tertiary/aromatic N) is 2. The lowest BCUT2D eigenvalue weighted by atomic mass is 10.1. The van der Waals surface area contributed by atoms with E-state index in [1.807, 2.05) is 12.1 Å². The number of guanidine groups is 1. The second-order valence-electron chi connectivity index (χ2n) is 6.53. The lowest BCUT2D eigenvalue weighted by molar-refractivity contribution is -0.0165. The van der Waals surface area contributed by atoms with Gasteiger partial charge in [-0.3, -0.25) is 9.89 Å². The van der Waals surface area contributed by atoms with Crippen LogP contribution in [-0.4, -0.2) is 62.3 Å². The molecule has 5 nitrogen and oxygen atoms in total. The SMILES string of the molecule is CCNC(=NCC(C)N1CCOCC1C)NCCc1ccc(F)cc1.I. The first-order chi connectivity index (χ1) is 12.1. The first kappa shape index (κ1) is 23.1. The molecule has 1 aliphatic heterocycles. The molecule has 0 bridgehead atoms. The predicted molar refractivity (Wildman–Crippen MR) is 116 cm³/mol. The molecule has 2 atom stereocenters. The van der Waals surface area contributed by atoms with Gasteiger partial charge in [-0.1, -0.05) is 12.1 Å². The van der Waals surface area contributed by atoms with E-state index in [-0.39, 0.29) is 29.8 Å². The fourth-order valence-electron chi connectivity index (χ4n) is 3.04. The summed E-state index contributed by atoms with van der Waals surface area (Å²) in [5.74, 6) is 0.635. The second-order valence-corrected chi connectivity index (χ2v) is 6.53. The van der Waals surface area contributed by atoms with E-state index in [0.29, 0.717) is 12.1 Å². The zero-order chi connectivity index (χ0) is 18.1. The van der Waals surface area contributed by atoms with Crippen molar-refractivity contribution in [3.05, 3.63) is 35.6 Å². The molecule has 1 aromatic carbocycles. The van der Waals surface area contributed by atoms with Gasteiger partial charge in [0.1, 0.15) is 5.82 Å². The molecule has 2 rings (SSSR count). The maximum Gasteiger partial charge on any atom is 0.191 e. The Morgan fingerprint density at radius 2 is 2.08 bits per heavy atom. The molecule has 2 unspecified atom stereocenters. The number of aliphatic imine (C=N–C) groups is 1. The van der Waals surface area contributed by atoms with E-state index in [2.05, 4.69) is 36.3 Å². The molecule has 1 heterocycles. The molecule has 0 saturated carbocycles. The minimum atomic E-state index is -0.196. The van der Waals surface area contributed by atoms with Crippen molar-refractivity contribution >= 4 is 29.9 Å². The van der Waals surface area contributed by atoms with Crippen molar-refractivity contribution < 1.29 is 9.13 Å². The zero-order valence-corrected chi connectivity index (χ0v) is 18.3. The lowest BCUT2D eigenvalue weighted by Gasteiger charge is -2.37. The molecular weight excluding hydrogens is 446 g/mol. The van der Waals surface area contributed by atoms with Gasteiger partial charge in [-0.25, -0.2) is 4.39 Å². The fourth-order valence-corrected chi connectivity index (χ4v) is 3.04. The van der Waals surface area contributed by atoms with Crippen LogP contribution in [0.5, 0.6) is 0 Å². The summed E-state index contributed by atoms with van der Waals surface area (Å²) in [6.07, 6.45) is 0.834. The smallest absolute Gasteiger partial charge is 0.191 e. The molecule has 148 valence electrons. The van der Waals surface area contributed by atoms with Crippen molar-refractivity contribution in [2.45, 2.75) is 39.3 Å². The predicted octanol–water partition coefficient (Wildman–Crippen LogP) is 2.65. The number of ether oxygens (including phenoxy) is 1. The summed E-state index contributed by atoms with van der Waals surface area (Å²) in [5.41, 5.74) is 1.11. The molecule has 0 radical (unpaired) electrons. The Morgan fingerprint density at radius 3 is 2.73 bits per heavy atom. The summed E-state index contributed by atoms with van der Waals surface area (Å²) in [6, 6.07) is 7.46. The van der Waals surface area contributed by atoms with Crippen LogP contribution >= 0.6 is 24.0 Å². The standard InChI is InChI=1S/C19H31FN4O.HI/c1-4-21-19(22-10-9-17-5-7-18(20)8-6-17)23-13-15(2)24-11-12-25-14-16(24)3;/h5-8,15-16H,4,9-14H2,1-3H3,(H2,21,22,23);1H. The number of hydrogen-bond donors (Lipinski definition) is 2. The molecule has 1 aromatic rings. The topological polar surface area (TPSA) is 48.9 Å². The highest BCUT2D eigenvalue weighted by Crippen LogP contribution is 2.10. The van der Waals surface area contributed by atoms with Gasteiger partial charge in [-0.15, -0.1) is 24.0 Å². The normalized spacial score (nSPS) is 19.5.